The maximum absolute atomic E-state index is 10.9. The molecule has 3 aromatic rings. The quantitative estimate of drug-likeness (QED) is 0.570. The lowest BCUT2D eigenvalue weighted by molar-refractivity contribution is 0.313. The van der Waals surface area contributed by atoms with Gasteiger partial charge in [-0.05, 0) is 48.7 Å². The molecule has 0 bridgehead atoms. The SMILES string of the molecule is CCOc1cccc(C2CC(c3cccc(OC)c3)=NC(c3ccccc3C)N2)c1O. The average Bonchev–Trinajstić information content (AvgIpc) is 2.80. The lowest BCUT2D eigenvalue weighted by Crippen LogP contribution is -2.33. The summed E-state index contributed by atoms with van der Waals surface area (Å²) in [6, 6.07) is 21.7. The zero-order valence-corrected chi connectivity index (χ0v) is 18.1. The van der Waals surface area contributed by atoms with Gasteiger partial charge < -0.3 is 14.6 Å². The van der Waals surface area contributed by atoms with Crippen molar-refractivity contribution in [2.45, 2.75) is 32.5 Å². The van der Waals surface area contributed by atoms with E-state index < -0.39 is 0 Å². The number of aryl methyl sites for hydroxylation is 1. The smallest absolute Gasteiger partial charge is 0.162 e. The van der Waals surface area contributed by atoms with Crippen LogP contribution in [-0.2, 0) is 0 Å². The molecule has 0 fully saturated rings. The molecule has 5 nitrogen and oxygen atoms in total. The highest BCUT2D eigenvalue weighted by molar-refractivity contribution is 6.02. The minimum absolute atomic E-state index is 0.122. The number of aliphatic imine (C=N–C) groups is 1. The van der Waals surface area contributed by atoms with Gasteiger partial charge in [-0.1, -0.05) is 48.5 Å². The van der Waals surface area contributed by atoms with Crippen molar-refractivity contribution in [3.8, 4) is 17.2 Å². The summed E-state index contributed by atoms with van der Waals surface area (Å²) in [7, 11) is 1.67. The molecule has 2 unspecified atom stereocenters. The Balaban J connectivity index is 1.78. The third-order valence-electron chi connectivity index (χ3n) is 5.63. The summed E-state index contributed by atoms with van der Waals surface area (Å²) in [6.07, 6.45) is 0.412. The van der Waals surface area contributed by atoms with E-state index in [1.165, 1.54) is 5.56 Å². The Morgan fingerprint density at radius 1 is 1.03 bits per heavy atom. The number of phenols is 1. The van der Waals surface area contributed by atoms with E-state index in [-0.39, 0.29) is 18.0 Å². The number of nitrogens with one attached hydrogen (secondary N) is 1. The molecule has 0 spiro atoms. The van der Waals surface area contributed by atoms with Gasteiger partial charge in [0.2, 0.25) is 0 Å². The van der Waals surface area contributed by atoms with Gasteiger partial charge in [-0.25, -0.2) is 0 Å². The summed E-state index contributed by atoms with van der Waals surface area (Å²) in [5.41, 5.74) is 5.08. The first-order valence-corrected chi connectivity index (χ1v) is 10.6. The Morgan fingerprint density at radius 2 is 1.81 bits per heavy atom. The number of rotatable bonds is 6. The van der Waals surface area contributed by atoms with E-state index in [4.69, 9.17) is 14.5 Å². The van der Waals surface area contributed by atoms with Crippen LogP contribution in [0.5, 0.6) is 17.2 Å². The van der Waals surface area contributed by atoms with Gasteiger partial charge in [-0.3, -0.25) is 10.3 Å². The van der Waals surface area contributed by atoms with Crippen molar-refractivity contribution >= 4 is 5.71 Å². The molecule has 3 aromatic carbocycles. The van der Waals surface area contributed by atoms with E-state index in [0.717, 1.165) is 28.2 Å². The molecular weight excluding hydrogens is 388 g/mol. The molecule has 1 heterocycles. The summed E-state index contributed by atoms with van der Waals surface area (Å²) in [4.78, 5) is 5.06. The number of phenolic OH excluding ortho intramolecular Hbond substituents is 1. The highest BCUT2D eigenvalue weighted by Crippen LogP contribution is 2.39. The van der Waals surface area contributed by atoms with E-state index in [9.17, 15) is 5.11 Å². The third kappa shape index (κ3) is 4.42. The molecule has 0 saturated carbocycles. The molecule has 31 heavy (non-hydrogen) atoms. The Morgan fingerprint density at radius 3 is 2.58 bits per heavy atom. The predicted octanol–water partition coefficient (Wildman–Crippen LogP) is 5.33. The molecule has 160 valence electrons. The number of methoxy groups -OCH3 is 1. The van der Waals surface area contributed by atoms with E-state index in [1.807, 2.05) is 49.4 Å². The van der Waals surface area contributed by atoms with Crippen LogP contribution in [0.4, 0.5) is 0 Å². The largest absolute Gasteiger partial charge is 0.504 e. The first-order valence-electron chi connectivity index (χ1n) is 10.6. The Labute approximate surface area is 183 Å². The molecule has 0 aromatic heterocycles. The van der Waals surface area contributed by atoms with Crippen LogP contribution in [0.1, 0.15) is 47.8 Å². The Hall–Kier alpha value is -3.31. The second-order valence-corrected chi connectivity index (χ2v) is 7.62. The lowest BCUT2D eigenvalue weighted by Gasteiger charge is -2.32. The zero-order chi connectivity index (χ0) is 21.8. The van der Waals surface area contributed by atoms with Crippen LogP contribution in [-0.4, -0.2) is 24.5 Å². The minimum Gasteiger partial charge on any atom is -0.504 e. The molecule has 0 saturated heterocycles. The lowest BCUT2D eigenvalue weighted by atomic mass is 9.92. The molecule has 1 aliphatic heterocycles. The van der Waals surface area contributed by atoms with Crippen molar-refractivity contribution < 1.29 is 14.6 Å². The van der Waals surface area contributed by atoms with Crippen LogP contribution in [0.2, 0.25) is 0 Å². The number of hydrogen-bond donors (Lipinski definition) is 2. The average molecular weight is 417 g/mol. The van der Waals surface area contributed by atoms with Gasteiger partial charge in [-0.15, -0.1) is 0 Å². The number of benzene rings is 3. The van der Waals surface area contributed by atoms with Crippen molar-refractivity contribution in [2.75, 3.05) is 13.7 Å². The fraction of sp³-hybridized carbons (Fsp3) is 0.269. The van der Waals surface area contributed by atoms with E-state index in [1.54, 1.807) is 13.2 Å². The standard InChI is InChI=1S/C26H28N2O3/c1-4-31-24-14-8-13-21(25(24)29)23-16-22(18-10-7-11-19(15-18)30-3)27-26(28-23)20-12-6-5-9-17(20)2/h5-15,23,26,28-29H,4,16H2,1-3H3. The predicted molar refractivity (Wildman–Crippen MR) is 123 cm³/mol. The molecule has 0 radical (unpaired) electrons. The first kappa shape index (κ1) is 20.9. The zero-order valence-electron chi connectivity index (χ0n) is 18.1. The summed E-state index contributed by atoms with van der Waals surface area (Å²) in [6.45, 7) is 4.50. The summed E-state index contributed by atoms with van der Waals surface area (Å²) in [5.74, 6) is 1.47. The van der Waals surface area contributed by atoms with Crippen molar-refractivity contribution in [3.63, 3.8) is 0 Å². The molecule has 5 heteroatoms. The highest BCUT2D eigenvalue weighted by atomic mass is 16.5. The number of hydrogen-bond acceptors (Lipinski definition) is 5. The van der Waals surface area contributed by atoms with Gasteiger partial charge in [-0.2, -0.15) is 0 Å². The van der Waals surface area contributed by atoms with Gasteiger partial charge in [0.15, 0.2) is 11.5 Å². The first-order chi connectivity index (χ1) is 15.1. The second-order valence-electron chi connectivity index (χ2n) is 7.62. The second kappa shape index (κ2) is 9.23. The summed E-state index contributed by atoms with van der Waals surface area (Å²) >= 11 is 0. The number of aromatic hydroxyl groups is 1. The number of ether oxygens (including phenoxy) is 2. The summed E-state index contributed by atoms with van der Waals surface area (Å²) in [5, 5.41) is 14.5. The minimum atomic E-state index is -0.226. The van der Waals surface area contributed by atoms with Gasteiger partial charge in [0.1, 0.15) is 11.9 Å². The fourth-order valence-corrected chi connectivity index (χ4v) is 4.03. The van der Waals surface area contributed by atoms with Gasteiger partial charge >= 0.3 is 0 Å². The van der Waals surface area contributed by atoms with Crippen LogP contribution in [0, 0.1) is 6.92 Å². The highest BCUT2D eigenvalue weighted by Gasteiger charge is 2.29. The Kier molecular flexibility index (Phi) is 6.23. The van der Waals surface area contributed by atoms with Crippen molar-refractivity contribution in [2.24, 2.45) is 4.99 Å². The molecule has 4 rings (SSSR count). The van der Waals surface area contributed by atoms with Gasteiger partial charge in [0.25, 0.3) is 0 Å². The van der Waals surface area contributed by atoms with E-state index in [2.05, 4.69) is 30.4 Å². The molecule has 2 N–H and O–H groups in total. The summed E-state index contributed by atoms with van der Waals surface area (Å²) < 4.78 is 11.0. The van der Waals surface area contributed by atoms with E-state index >= 15 is 0 Å². The number of nitrogens with zero attached hydrogens (tertiary/aromatic N) is 1. The van der Waals surface area contributed by atoms with Crippen LogP contribution < -0.4 is 14.8 Å². The third-order valence-corrected chi connectivity index (χ3v) is 5.63. The molecule has 0 amide bonds. The van der Waals surface area contributed by atoms with Gasteiger partial charge in [0.05, 0.1) is 13.7 Å². The normalized spacial score (nSPS) is 18.4. The van der Waals surface area contributed by atoms with Crippen molar-refractivity contribution in [1.29, 1.82) is 0 Å². The fourth-order valence-electron chi connectivity index (χ4n) is 4.03. The molecule has 1 aliphatic rings. The topological polar surface area (TPSA) is 63.1 Å². The molecule has 0 aliphatic carbocycles. The molecular formula is C26H28N2O3. The van der Waals surface area contributed by atoms with Crippen LogP contribution in [0.25, 0.3) is 0 Å². The Bertz CT molecular complexity index is 1090. The van der Waals surface area contributed by atoms with Gasteiger partial charge in [0, 0.05) is 23.7 Å². The van der Waals surface area contributed by atoms with Crippen molar-refractivity contribution in [3.05, 3.63) is 89.0 Å². The van der Waals surface area contributed by atoms with Crippen LogP contribution in [0.3, 0.4) is 0 Å². The van der Waals surface area contributed by atoms with Crippen LogP contribution >= 0.6 is 0 Å². The number of para-hydroxylation sites is 1. The molecule has 2 atom stereocenters. The van der Waals surface area contributed by atoms with Crippen LogP contribution in [0.15, 0.2) is 71.7 Å². The monoisotopic (exact) mass is 416 g/mol. The van der Waals surface area contributed by atoms with Crippen molar-refractivity contribution in [1.82, 2.24) is 5.32 Å². The maximum Gasteiger partial charge on any atom is 0.162 e. The maximum atomic E-state index is 10.9. The van der Waals surface area contributed by atoms with E-state index in [0.29, 0.717) is 18.8 Å².